The summed E-state index contributed by atoms with van der Waals surface area (Å²) < 4.78 is 62.5. The molecule has 2 heterocycles. The molecule has 0 bridgehead atoms. The van der Waals surface area contributed by atoms with Crippen LogP contribution in [0.4, 0.5) is 29.1 Å². The molecule has 3 N–H and O–H groups in total. The summed E-state index contributed by atoms with van der Waals surface area (Å²) in [4.78, 5) is 22.8. The highest BCUT2D eigenvalue weighted by molar-refractivity contribution is 5.98. The number of rotatable bonds is 9. The number of nitrogen functional groups attached to an aromatic ring is 1. The summed E-state index contributed by atoms with van der Waals surface area (Å²) in [7, 11) is 3.61. The molecule has 212 valence electrons. The van der Waals surface area contributed by atoms with Gasteiger partial charge in [-0.05, 0) is 51.7 Å². The van der Waals surface area contributed by atoms with Crippen LogP contribution in [0.25, 0.3) is 22.3 Å². The van der Waals surface area contributed by atoms with Crippen LogP contribution in [-0.4, -0.2) is 57.8 Å². The Hall–Kier alpha value is -4.26. The highest BCUT2D eigenvalue weighted by Crippen LogP contribution is 2.35. The molecule has 0 saturated carbocycles. The van der Waals surface area contributed by atoms with Gasteiger partial charge in [0.25, 0.3) is 0 Å². The van der Waals surface area contributed by atoms with Gasteiger partial charge in [0.05, 0.1) is 17.4 Å². The maximum absolute atomic E-state index is 15.1. The van der Waals surface area contributed by atoms with E-state index in [0.717, 1.165) is 12.1 Å². The van der Waals surface area contributed by atoms with Crippen LogP contribution in [0.2, 0.25) is 0 Å². The third-order valence-electron chi connectivity index (χ3n) is 6.01. The van der Waals surface area contributed by atoms with Crippen LogP contribution >= 0.6 is 0 Å². The number of amides is 1. The van der Waals surface area contributed by atoms with Crippen LogP contribution in [0.3, 0.4) is 0 Å². The van der Waals surface area contributed by atoms with Gasteiger partial charge < -0.3 is 20.7 Å². The Kier molecular flexibility index (Phi) is 8.24. The molecule has 4 aromatic rings. The third kappa shape index (κ3) is 6.47. The Morgan fingerprint density at radius 1 is 1.15 bits per heavy atom. The molecule has 13 heteroatoms. The Balaban J connectivity index is 1.55. The van der Waals surface area contributed by atoms with Gasteiger partial charge in [-0.25, -0.2) is 19.0 Å². The zero-order valence-electron chi connectivity index (χ0n) is 22.4. The van der Waals surface area contributed by atoms with Gasteiger partial charge in [0.2, 0.25) is 5.91 Å². The molecule has 0 aliphatic heterocycles. The maximum Gasteiger partial charge on any atom is 0.416 e. The second-order valence-corrected chi connectivity index (χ2v) is 9.77. The number of benzene rings is 2. The van der Waals surface area contributed by atoms with Crippen molar-refractivity contribution in [2.75, 3.05) is 38.3 Å². The van der Waals surface area contributed by atoms with Crippen molar-refractivity contribution in [2.24, 2.45) is 0 Å². The number of fused-ring (bicyclic) bond motifs is 1. The fourth-order valence-electron chi connectivity index (χ4n) is 4.04. The van der Waals surface area contributed by atoms with E-state index in [9.17, 15) is 18.0 Å². The second-order valence-electron chi connectivity index (χ2n) is 9.77. The number of carbonyl (C=O) groups excluding carboxylic acids is 1. The second kappa shape index (κ2) is 11.5. The summed E-state index contributed by atoms with van der Waals surface area (Å²) in [5, 5.41) is 7.46. The fourth-order valence-corrected chi connectivity index (χ4v) is 4.04. The molecule has 4 rings (SSSR count). The minimum absolute atomic E-state index is 0.0428. The van der Waals surface area contributed by atoms with E-state index >= 15 is 4.39 Å². The number of hydrogen-bond donors (Lipinski definition) is 2. The lowest BCUT2D eigenvalue weighted by Gasteiger charge is -2.15. The first-order valence-electron chi connectivity index (χ1n) is 12.4. The van der Waals surface area contributed by atoms with Crippen LogP contribution in [-0.2, 0) is 17.4 Å². The molecule has 0 atom stereocenters. The first-order chi connectivity index (χ1) is 18.8. The van der Waals surface area contributed by atoms with Crippen molar-refractivity contribution in [3.8, 4) is 17.0 Å². The van der Waals surface area contributed by atoms with E-state index in [4.69, 9.17) is 10.5 Å². The molecule has 2 aromatic heterocycles. The number of nitrogens with two attached hydrogens (primary N) is 1. The zero-order valence-corrected chi connectivity index (χ0v) is 22.4. The highest BCUT2D eigenvalue weighted by atomic mass is 19.4. The Bertz CT molecular complexity index is 1530. The number of ether oxygens (including phenoxy) is 1. The summed E-state index contributed by atoms with van der Waals surface area (Å²) in [5.41, 5.74) is 6.34. The van der Waals surface area contributed by atoms with Gasteiger partial charge in [-0.2, -0.15) is 18.3 Å². The summed E-state index contributed by atoms with van der Waals surface area (Å²) >= 11 is 0. The van der Waals surface area contributed by atoms with Crippen molar-refractivity contribution in [3.63, 3.8) is 0 Å². The molecule has 0 aliphatic rings. The first kappa shape index (κ1) is 28.7. The minimum atomic E-state index is -4.65. The number of anilines is 2. The molecule has 0 spiro atoms. The van der Waals surface area contributed by atoms with Gasteiger partial charge in [0.1, 0.15) is 36.0 Å². The normalized spacial score (nSPS) is 11.9. The van der Waals surface area contributed by atoms with E-state index in [0.29, 0.717) is 28.8 Å². The van der Waals surface area contributed by atoms with E-state index in [2.05, 4.69) is 20.4 Å². The molecule has 9 nitrogen and oxygen atoms in total. The lowest BCUT2D eigenvalue weighted by Crippen LogP contribution is -2.20. The van der Waals surface area contributed by atoms with Crippen molar-refractivity contribution >= 4 is 28.4 Å². The average Bonchev–Trinajstić information content (AvgIpc) is 3.26. The van der Waals surface area contributed by atoms with Crippen LogP contribution in [0, 0.1) is 5.82 Å². The van der Waals surface area contributed by atoms with Crippen molar-refractivity contribution in [1.29, 1.82) is 0 Å². The predicted octanol–water partition coefficient (Wildman–Crippen LogP) is 4.94. The van der Waals surface area contributed by atoms with Gasteiger partial charge in [-0.3, -0.25) is 4.79 Å². The molecule has 0 saturated heterocycles. The summed E-state index contributed by atoms with van der Waals surface area (Å²) in [6.45, 7) is 4.47. The van der Waals surface area contributed by atoms with Crippen molar-refractivity contribution in [3.05, 3.63) is 59.7 Å². The van der Waals surface area contributed by atoms with Gasteiger partial charge in [0.15, 0.2) is 5.65 Å². The Morgan fingerprint density at radius 2 is 1.90 bits per heavy atom. The van der Waals surface area contributed by atoms with Crippen LogP contribution in [0.1, 0.15) is 31.0 Å². The third-order valence-corrected chi connectivity index (χ3v) is 6.01. The number of nitrogens with zero attached hydrogens (tertiary/aromatic N) is 5. The smallest absolute Gasteiger partial charge is 0.416 e. The quantitative estimate of drug-likeness (QED) is 0.280. The van der Waals surface area contributed by atoms with Crippen LogP contribution in [0.5, 0.6) is 5.75 Å². The van der Waals surface area contributed by atoms with E-state index in [1.807, 2.05) is 18.7 Å². The molecular formula is C27H29F4N7O2. The fraction of sp³-hybridized carbons (Fsp3) is 0.333. The number of alkyl halides is 3. The summed E-state index contributed by atoms with van der Waals surface area (Å²) in [6, 6.07) is 7.16. The van der Waals surface area contributed by atoms with Crippen molar-refractivity contribution in [2.45, 2.75) is 32.5 Å². The largest absolute Gasteiger partial charge is 0.492 e. The average molecular weight is 560 g/mol. The minimum Gasteiger partial charge on any atom is -0.492 e. The Morgan fingerprint density at radius 3 is 2.55 bits per heavy atom. The van der Waals surface area contributed by atoms with Crippen LogP contribution in [0.15, 0.2) is 42.7 Å². The van der Waals surface area contributed by atoms with Crippen LogP contribution < -0.4 is 15.8 Å². The van der Waals surface area contributed by atoms with E-state index in [1.54, 1.807) is 24.8 Å². The highest BCUT2D eigenvalue weighted by Gasteiger charge is 2.31. The number of halogens is 4. The van der Waals surface area contributed by atoms with Gasteiger partial charge in [-0.1, -0.05) is 12.1 Å². The SMILES string of the molecule is CC(C)n1nc(-c2ccc(CC(=O)Nc3cc(OCCN(C)C)cc(C(F)(F)F)c3)c(F)c2)c2c(N)ncnc21. The lowest BCUT2D eigenvalue weighted by molar-refractivity contribution is -0.137. The number of nitrogens with one attached hydrogen (secondary N) is 1. The lowest BCUT2D eigenvalue weighted by atomic mass is 10.0. The molecule has 0 aliphatic carbocycles. The molecule has 2 aromatic carbocycles. The van der Waals surface area contributed by atoms with Crippen molar-refractivity contribution in [1.82, 2.24) is 24.6 Å². The molecule has 0 fully saturated rings. The summed E-state index contributed by atoms with van der Waals surface area (Å²) in [5.74, 6) is -1.23. The summed E-state index contributed by atoms with van der Waals surface area (Å²) in [6.07, 6.45) is -3.73. The number of hydrogen-bond acceptors (Lipinski definition) is 7. The number of likely N-dealkylation sites (N-methyl/N-ethyl adjacent to an activating group) is 1. The number of aromatic nitrogens is 4. The topological polar surface area (TPSA) is 111 Å². The van der Waals surface area contributed by atoms with E-state index in [-0.39, 0.29) is 35.5 Å². The van der Waals surface area contributed by atoms with Gasteiger partial charge in [0, 0.05) is 29.9 Å². The number of carbonyl (C=O) groups is 1. The molecule has 0 radical (unpaired) electrons. The standard InChI is InChI=1S/C27H29F4N7O2/c1-15(2)38-26-23(25(32)33-14-34-26)24(36-38)17-6-5-16(21(28)9-17)10-22(39)35-19-11-18(27(29,30)31)12-20(13-19)40-8-7-37(3)4/h5-6,9,11-15H,7-8,10H2,1-4H3,(H,35,39)(H2,32,33,34). The zero-order chi connectivity index (χ0) is 29.2. The molecular weight excluding hydrogens is 530 g/mol. The molecule has 40 heavy (non-hydrogen) atoms. The van der Waals surface area contributed by atoms with Gasteiger partial charge >= 0.3 is 6.18 Å². The van der Waals surface area contributed by atoms with E-state index < -0.39 is 29.9 Å². The van der Waals surface area contributed by atoms with Gasteiger partial charge in [-0.15, -0.1) is 0 Å². The molecule has 1 amide bonds. The Labute approximate surface area is 228 Å². The maximum atomic E-state index is 15.1. The first-order valence-corrected chi connectivity index (χ1v) is 12.4. The predicted molar refractivity (Wildman–Crippen MR) is 143 cm³/mol. The monoisotopic (exact) mass is 559 g/mol. The molecule has 0 unspecified atom stereocenters. The van der Waals surface area contributed by atoms with Crippen molar-refractivity contribution < 1.29 is 27.1 Å². The van der Waals surface area contributed by atoms with E-state index in [1.165, 1.54) is 24.5 Å².